The molecule has 24 heavy (non-hydrogen) atoms. The summed E-state index contributed by atoms with van der Waals surface area (Å²) < 4.78 is 1.82. The summed E-state index contributed by atoms with van der Waals surface area (Å²) in [6.45, 7) is 9.57. The lowest BCUT2D eigenvalue weighted by atomic mass is 10.2. The van der Waals surface area contributed by atoms with Gasteiger partial charge in [0.1, 0.15) is 5.82 Å². The van der Waals surface area contributed by atoms with Crippen LogP contribution in [0.4, 0.5) is 10.9 Å². The monoisotopic (exact) mass is 348 g/mol. The van der Waals surface area contributed by atoms with Gasteiger partial charge in [-0.3, -0.25) is 9.69 Å². The Labute approximate surface area is 146 Å². The average molecular weight is 348 g/mol. The van der Waals surface area contributed by atoms with E-state index < -0.39 is 0 Å². The van der Waals surface area contributed by atoms with E-state index in [9.17, 15) is 4.79 Å². The number of aromatic nitrogens is 3. The van der Waals surface area contributed by atoms with E-state index in [1.807, 2.05) is 43.1 Å². The number of carbonyl (C=O) groups is 1. The largest absolute Gasteiger partial charge is 0.346 e. The molecule has 0 spiro atoms. The molecule has 0 aromatic carbocycles. The molecule has 0 radical (unpaired) electrons. The molecule has 7 nitrogen and oxygen atoms in total. The molecule has 1 saturated heterocycles. The normalized spacial score (nSPS) is 17.2. The second-order valence-corrected chi connectivity index (χ2v) is 7.13. The predicted molar refractivity (Wildman–Crippen MR) is 96.6 cm³/mol. The second kappa shape index (κ2) is 7.31. The minimum absolute atomic E-state index is 0.0140. The number of nitrogens with zero attached hydrogens (tertiary/aromatic N) is 5. The van der Waals surface area contributed by atoms with Crippen LogP contribution in [0.1, 0.15) is 26.8 Å². The smallest absolute Gasteiger partial charge is 0.242 e. The summed E-state index contributed by atoms with van der Waals surface area (Å²) in [7, 11) is 0. The minimum atomic E-state index is -0.168. The first-order chi connectivity index (χ1) is 11.6. The van der Waals surface area contributed by atoms with Gasteiger partial charge in [-0.1, -0.05) is 0 Å². The van der Waals surface area contributed by atoms with Crippen molar-refractivity contribution in [2.24, 2.45) is 0 Å². The lowest BCUT2D eigenvalue weighted by molar-refractivity contribution is -0.120. The Morgan fingerprint density at radius 1 is 1.21 bits per heavy atom. The molecule has 3 rings (SSSR count). The summed E-state index contributed by atoms with van der Waals surface area (Å²) in [5.74, 6) is 0.767. The maximum absolute atomic E-state index is 12.6. The van der Waals surface area contributed by atoms with Crippen LogP contribution in [0.5, 0.6) is 0 Å². The molecule has 3 heterocycles. The van der Waals surface area contributed by atoms with E-state index in [-0.39, 0.29) is 18.0 Å². The van der Waals surface area contributed by atoms with Gasteiger partial charge in [0.25, 0.3) is 0 Å². The highest BCUT2D eigenvalue weighted by molar-refractivity contribution is 7.13. The van der Waals surface area contributed by atoms with Crippen molar-refractivity contribution in [3.8, 4) is 0 Å². The fraction of sp³-hybridized carbons (Fsp3) is 0.562. The van der Waals surface area contributed by atoms with Crippen molar-refractivity contribution in [3.05, 3.63) is 23.8 Å². The second-order valence-electron chi connectivity index (χ2n) is 6.26. The van der Waals surface area contributed by atoms with Gasteiger partial charge in [-0.2, -0.15) is 5.10 Å². The van der Waals surface area contributed by atoms with Crippen molar-refractivity contribution in [3.63, 3.8) is 0 Å². The van der Waals surface area contributed by atoms with Gasteiger partial charge in [-0.05, 0) is 20.8 Å². The molecular weight excluding hydrogens is 324 g/mol. The molecule has 130 valence electrons. The molecule has 0 aliphatic carbocycles. The zero-order chi connectivity index (χ0) is 17.1. The summed E-state index contributed by atoms with van der Waals surface area (Å²) in [6, 6.07) is 1.89. The summed E-state index contributed by atoms with van der Waals surface area (Å²) in [5, 5.41) is 10.3. The number of hydrogen-bond donors (Lipinski definition) is 1. The van der Waals surface area contributed by atoms with Crippen LogP contribution in [-0.2, 0) is 4.79 Å². The Morgan fingerprint density at radius 3 is 2.58 bits per heavy atom. The third kappa shape index (κ3) is 3.59. The van der Waals surface area contributed by atoms with E-state index in [1.165, 1.54) is 0 Å². The van der Waals surface area contributed by atoms with Crippen LogP contribution in [0, 0.1) is 0 Å². The fourth-order valence-electron chi connectivity index (χ4n) is 2.89. The van der Waals surface area contributed by atoms with Gasteiger partial charge in [0.05, 0.1) is 12.2 Å². The maximum atomic E-state index is 12.6. The molecule has 1 atom stereocenters. The van der Waals surface area contributed by atoms with Crippen LogP contribution in [0.15, 0.2) is 23.8 Å². The third-order valence-corrected chi connectivity index (χ3v) is 5.17. The quantitative estimate of drug-likeness (QED) is 0.896. The van der Waals surface area contributed by atoms with Gasteiger partial charge in [-0.25, -0.2) is 9.67 Å². The van der Waals surface area contributed by atoms with Gasteiger partial charge in [0.15, 0.2) is 5.13 Å². The van der Waals surface area contributed by atoms with Gasteiger partial charge in [-0.15, -0.1) is 11.3 Å². The summed E-state index contributed by atoms with van der Waals surface area (Å²) in [6.07, 6.45) is 3.55. The highest BCUT2D eigenvalue weighted by Gasteiger charge is 2.27. The molecule has 1 amide bonds. The van der Waals surface area contributed by atoms with Crippen molar-refractivity contribution in [2.75, 3.05) is 36.4 Å². The minimum Gasteiger partial charge on any atom is -0.346 e. The number of piperazine rings is 1. The van der Waals surface area contributed by atoms with Gasteiger partial charge in [0.2, 0.25) is 5.91 Å². The van der Waals surface area contributed by atoms with Crippen molar-refractivity contribution in [2.45, 2.75) is 32.9 Å². The lowest BCUT2D eigenvalue weighted by Gasteiger charge is -2.37. The molecule has 1 unspecified atom stereocenters. The standard InChI is InChI=1S/C16H24N6OS/c1-12(2)22-14(4-5-18-22)19-15(23)13(3)20-7-9-21(10-8-20)16-17-6-11-24-16/h4-6,11-13H,7-10H2,1-3H3,(H,19,23). The highest BCUT2D eigenvalue weighted by Crippen LogP contribution is 2.20. The maximum Gasteiger partial charge on any atom is 0.242 e. The third-order valence-electron chi connectivity index (χ3n) is 4.34. The Bertz CT molecular complexity index is 660. The molecule has 1 aliphatic heterocycles. The van der Waals surface area contributed by atoms with E-state index in [1.54, 1.807) is 17.5 Å². The van der Waals surface area contributed by atoms with Gasteiger partial charge >= 0.3 is 0 Å². The summed E-state index contributed by atoms with van der Waals surface area (Å²) >= 11 is 1.66. The van der Waals surface area contributed by atoms with E-state index in [0.717, 1.165) is 37.1 Å². The van der Waals surface area contributed by atoms with Crippen LogP contribution in [0.25, 0.3) is 0 Å². The number of carbonyl (C=O) groups excluding carboxylic acids is 1. The van der Waals surface area contributed by atoms with Crippen molar-refractivity contribution in [1.82, 2.24) is 19.7 Å². The molecule has 1 aliphatic rings. The average Bonchev–Trinajstić information content (AvgIpc) is 3.26. The molecule has 8 heteroatoms. The van der Waals surface area contributed by atoms with Crippen LogP contribution < -0.4 is 10.2 Å². The number of anilines is 2. The predicted octanol–water partition coefficient (Wildman–Crippen LogP) is 2.07. The van der Waals surface area contributed by atoms with E-state index in [0.29, 0.717) is 0 Å². The molecule has 2 aromatic heterocycles. The van der Waals surface area contributed by atoms with Crippen molar-refractivity contribution in [1.29, 1.82) is 0 Å². The Hall–Kier alpha value is -1.93. The zero-order valence-corrected chi connectivity index (χ0v) is 15.2. The number of amides is 1. The zero-order valence-electron chi connectivity index (χ0n) is 14.3. The molecular formula is C16H24N6OS. The SMILES string of the molecule is CC(C(=O)Nc1ccnn1C(C)C)N1CCN(c2nccs2)CC1. The number of rotatable bonds is 5. The Balaban J connectivity index is 1.56. The lowest BCUT2D eigenvalue weighted by Crippen LogP contribution is -2.52. The van der Waals surface area contributed by atoms with Crippen molar-refractivity contribution >= 4 is 28.2 Å². The first-order valence-corrected chi connectivity index (χ1v) is 9.17. The first kappa shape index (κ1) is 16.9. The number of nitrogens with one attached hydrogen (secondary N) is 1. The number of thiazole rings is 1. The summed E-state index contributed by atoms with van der Waals surface area (Å²) in [5.41, 5.74) is 0. The van der Waals surface area contributed by atoms with Crippen LogP contribution in [0.2, 0.25) is 0 Å². The molecule has 0 saturated carbocycles. The topological polar surface area (TPSA) is 66.3 Å². The van der Waals surface area contributed by atoms with Gasteiger partial charge < -0.3 is 10.2 Å². The van der Waals surface area contributed by atoms with E-state index in [4.69, 9.17) is 0 Å². The van der Waals surface area contributed by atoms with Gasteiger partial charge in [0, 0.05) is 49.9 Å². The van der Waals surface area contributed by atoms with Crippen LogP contribution >= 0.6 is 11.3 Å². The molecule has 1 fully saturated rings. The highest BCUT2D eigenvalue weighted by atomic mass is 32.1. The van der Waals surface area contributed by atoms with E-state index in [2.05, 4.69) is 25.2 Å². The first-order valence-electron chi connectivity index (χ1n) is 8.29. The Kier molecular flexibility index (Phi) is 5.15. The van der Waals surface area contributed by atoms with Crippen molar-refractivity contribution < 1.29 is 4.79 Å². The number of hydrogen-bond acceptors (Lipinski definition) is 6. The van der Waals surface area contributed by atoms with E-state index >= 15 is 0 Å². The Morgan fingerprint density at radius 2 is 1.96 bits per heavy atom. The van der Waals surface area contributed by atoms with Crippen LogP contribution in [0.3, 0.4) is 0 Å². The molecule has 0 bridgehead atoms. The molecule has 1 N–H and O–H groups in total. The molecule has 2 aromatic rings. The summed E-state index contributed by atoms with van der Waals surface area (Å²) in [4.78, 5) is 21.4. The fourth-order valence-corrected chi connectivity index (χ4v) is 3.59. The van der Waals surface area contributed by atoms with Crippen LogP contribution in [-0.4, -0.2) is 57.8 Å².